The topological polar surface area (TPSA) is 66.8 Å². The highest BCUT2D eigenvalue weighted by atomic mass is 79.9. The fourth-order valence-electron chi connectivity index (χ4n) is 3.71. The van der Waals surface area contributed by atoms with Crippen molar-refractivity contribution in [2.75, 3.05) is 6.61 Å². The highest BCUT2D eigenvalue weighted by molar-refractivity contribution is 9.10. The van der Waals surface area contributed by atoms with E-state index in [1.807, 2.05) is 19.1 Å². The Balaban J connectivity index is 1.95. The summed E-state index contributed by atoms with van der Waals surface area (Å²) in [5.74, 6) is -0.469. The van der Waals surface area contributed by atoms with Gasteiger partial charge in [-0.25, -0.2) is 0 Å². The van der Waals surface area contributed by atoms with Gasteiger partial charge in [-0.1, -0.05) is 22.9 Å². The molecule has 1 aromatic carbocycles. The maximum Gasteiger partial charge on any atom is 0.306 e. The van der Waals surface area contributed by atoms with Crippen molar-refractivity contribution < 1.29 is 19.7 Å². The number of aliphatic hydroxyl groups is 1. The molecule has 1 aliphatic heterocycles. The van der Waals surface area contributed by atoms with Crippen LogP contribution in [-0.2, 0) is 11.2 Å². The van der Waals surface area contributed by atoms with E-state index in [9.17, 15) is 15.0 Å². The molecule has 5 heteroatoms. The molecule has 0 bridgehead atoms. The minimum atomic E-state index is -0.809. The SMILES string of the molecule is CC1CC(C(=O)O)C(C(O)c2cc(Br)cc3c2OCC3)C1. The van der Waals surface area contributed by atoms with E-state index in [0.29, 0.717) is 18.9 Å². The summed E-state index contributed by atoms with van der Waals surface area (Å²) in [4.78, 5) is 11.4. The Morgan fingerprint density at radius 2 is 2.19 bits per heavy atom. The van der Waals surface area contributed by atoms with Gasteiger partial charge in [0, 0.05) is 22.4 Å². The van der Waals surface area contributed by atoms with Gasteiger partial charge in [0.15, 0.2) is 0 Å². The number of carboxylic acids is 1. The molecule has 114 valence electrons. The van der Waals surface area contributed by atoms with Gasteiger partial charge >= 0.3 is 5.97 Å². The van der Waals surface area contributed by atoms with Gasteiger partial charge in [0.05, 0.1) is 18.6 Å². The van der Waals surface area contributed by atoms with Gasteiger partial charge in [0.25, 0.3) is 0 Å². The predicted octanol–water partition coefficient (Wildman–Crippen LogP) is 3.16. The zero-order valence-electron chi connectivity index (χ0n) is 11.9. The zero-order chi connectivity index (χ0) is 15.1. The molecular weight excluding hydrogens is 336 g/mol. The number of halogens is 1. The smallest absolute Gasteiger partial charge is 0.306 e. The molecule has 1 aromatic rings. The lowest BCUT2D eigenvalue weighted by Gasteiger charge is -2.24. The van der Waals surface area contributed by atoms with Crippen molar-refractivity contribution in [2.24, 2.45) is 17.8 Å². The normalized spacial score (nSPS) is 29.0. The van der Waals surface area contributed by atoms with E-state index in [-0.39, 0.29) is 5.92 Å². The van der Waals surface area contributed by atoms with Gasteiger partial charge in [-0.2, -0.15) is 0 Å². The molecule has 1 heterocycles. The Morgan fingerprint density at radius 1 is 1.43 bits per heavy atom. The van der Waals surface area contributed by atoms with Crippen molar-refractivity contribution in [3.05, 3.63) is 27.7 Å². The van der Waals surface area contributed by atoms with Gasteiger partial charge in [0.1, 0.15) is 5.75 Å². The quantitative estimate of drug-likeness (QED) is 0.874. The number of ether oxygens (including phenoxy) is 1. The Hall–Kier alpha value is -1.07. The van der Waals surface area contributed by atoms with E-state index < -0.39 is 18.0 Å². The van der Waals surface area contributed by atoms with E-state index in [4.69, 9.17) is 4.74 Å². The second-order valence-electron chi connectivity index (χ2n) is 6.21. The first-order chi connectivity index (χ1) is 9.97. The van der Waals surface area contributed by atoms with E-state index >= 15 is 0 Å². The van der Waals surface area contributed by atoms with E-state index in [2.05, 4.69) is 15.9 Å². The minimum absolute atomic E-state index is 0.250. The summed E-state index contributed by atoms with van der Waals surface area (Å²) in [6.45, 7) is 2.67. The van der Waals surface area contributed by atoms with Crippen molar-refractivity contribution in [1.29, 1.82) is 0 Å². The Kier molecular flexibility index (Phi) is 3.97. The van der Waals surface area contributed by atoms with Crippen molar-refractivity contribution in [3.8, 4) is 5.75 Å². The summed E-state index contributed by atoms with van der Waals surface area (Å²) in [7, 11) is 0. The molecule has 0 aromatic heterocycles. The number of rotatable bonds is 3. The number of carbonyl (C=O) groups is 1. The summed E-state index contributed by atoms with van der Waals surface area (Å²) >= 11 is 3.47. The first-order valence-electron chi connectivity index (χ1n) is 7.33. The first-order valence-corrected chi connectivity index (χ1v) is 8.12. The number of fused-ring (bicyclic) bond motifs is 1. The lowest BCUT2D eigenvalue weighted by Crippen LogP contribution is -2.24. The van der Waals surface area contributed by atoms with Crippen molar-refractivity contribution in [1.82, 2.24) is 0 Å². The molecule has 4 unspecified atom stereocenters. The van der Waals surface area contributed by atoms with E-state index in [1.165, 1.54) is 0 Å². The average molecular weight is 355 g/mol. The zero-order valence-corrected chi connectivity index (χ0v) is 13.5. The number of aliphatic carboxylic acids is 1. The van der Waals surface area contributed by atoms with Crippen LogP contribution >= 0.6 is 15.9 Å². The maximum absolute atomic E-state index is 11.4. The van der Waals surface area contributed by atoms with Gasteiger partial charge in [0.2, 0.25) is 0 Å². The lowest BCUT2D eigenvalue weighted by molar-refractivity contribution is -0.144. The van der Waals surface area contributed by atoms with E-state index in [0.717, 1.165) is 34.2 Å². The van der Waals surface area contributed by atoms with Crippen molar-refractivity contribution in [2.45, 2.75) is 32.3 Å². The van der Waals surface area contributed by atoms with Crippen LogP contribution in [0.5, 0.6) is 5.75 Å². The van der Waals surface area contributed by atoms with Gasteiger partial charge in [-0.15, -0.1) is 0 Å². The van der Waals surface area contributed by atoms with Gasteiger partial charge in [-0.05, 0) is 36.5 Å². The average Bonchev–Trinajstić information content (AvgIpc) is 3.02. The third kappa shape index (κ3) is 2.69. The second kappa shape index (κ2) is 5.61. The van der Waals surface area contributed by atoms with Crippen LogP contribution in [-0.4, -0.2) is 22.8 Å². The Morgan fingerprint density at radius 3 is 2.90 bits per heavy atom. The molecule has 2 N–H and O–H groups in total. The van der Waals surface area contributed by atoms with Crippen LogP contribution in [0.3, 0.4) is 0 Å². The summed E-state index contributed by atoms with van der Waals surface area (Å²) < 4.78 is 6.56. The monoisotopic (exact) mass is 354 g/mol. The van der Waals surface area contributed by atoms with Crippen LogP contribution < -0.4 is 4.74 Å². The molecule has 21 heavy (non-hydrogen) atoms. The first kappa shape index (κ1) is 14.9. The van der Waals surface area contributed by atoms with E-state index in [1.54, 1.807) is 0 Å². The van der Waals surface area contributed by atoms with Crippen LogP contribution in [0.1, 0.15) is 37.0 Å². The molecule has 1 fully saturated rings. The molecule has 2 aliphatic rings. The number of aliphatic hydroxyl groups excluding tert-OH is 1. The second-order valence-corrected chi connectivity index (χ2v) is 7.13. The van der Waals surface area contributed by atoms with Crippen LogP contribution in [0, 0.1) is 17.8 Å². The molecule has 0 radical (unpaired) electrons. The number of hydrogen-bond acceptors (Lipinski definition) is 3. The maximum atomic E-state index is 11.4. The van der Waals surface area contributed by atoms with Crippen LogP contribution in [0.2, 0.25) is 0 Å². The van der Waals surface area contributed by atoms with Crippen LogP contribution in [0.25, 0.3) is 0 Å². The number of carboxylic acid groups (broad SMARTS) is 1. The van der Waals surface area contributed by atoms with Crippen molar-refractivity contribution >= 4 is 21.9 Å². The van der Waals surface area contributed by atoms with Gasteiger partial charge < -0.3 is 14.9 Å². The summed E-state index contributed by atoms with van der Waals surface area (Å²) in [5, 5.41) is 20.2. The molecule has 0 saturated heterocycles. The molecule has 4 nitrogen and oxygen atoms in total. The predicted molar refractivity (Wildman–Crippen MR) is 81.3 cm³/mol. The fourth-order valence-corrected chi connectivity index (χ4v) is 4.24. The molecule has 1 aliphatic carbocycles. The highest BCUT2D eigenvalue weighted by Gasteiger charge is 2.42. The summed E-state index contributed by atoms with van der Waals surface area (Å²) in [5.41, 5.74) is 1.80. The largest absolute Gasteiger partial charge is 0.493 e. The molecule has 3 rings (SSSR count). The highest BCUT2D eigenvalue weighted by Crippen LogP contribution is 2.47. The molecule has 4 atom stereocenters. The molecule has 1 saturated carbocycles. The minimum Gasteiger partial charge on any atom is -0.493 e. The third-order valence-corrected chi connectivity index (χ3v) is 5.12. The lowest BCUT2D eigenvalue weighted by atomic mass is 9.86. The van der Waals surface area contributed by atoms with Crippen LogP contribution in [0.15, 0.2) is 16.6 Å². The molecule has 0 spiro atoms. The Labute approximate surface area is 132 Å². The number of benzene rings is 1. The van der Waals surface area contributed by atoms with Crippen molar-refractivity contribution in [3.63, 3.8) is 0 Å². The Bertz CT molecular complexity index is 572. The third-order valence-electron chi connectivity index (χ3n) is 4.67. The number of hydrogen-bond donors (Lipinski definition) is 2. The summed E-state index contributed by atoms with van der Waals surface area (Å²) in [6, 6.07) is 3.86. The molecule has 0 amide bonds. The van der Waals surface area contributed by atoms with Crippen LogP contribution in [0.4, 0.5) is 0 Å². The fraction of sp³-hybridized carbons (Fsp3) is 0.562. The summed E-state index contributed by atoms with van der Waals surface area (Å²) in [6.07, 6.45) is 1.41. The standard InChI is InChI=1S/C16H19BrO4/c1-8-4-11(12(5-8)16(19)20)14(18)13-7-10(17)6-9-2-3-21-15(9)13/h6-8,11-12,14,18H,2-5H2,1H3,(H,19,20). The molecular formula is C16H19BrO4. The van der Waals surface area contributed by atoms with Gasteiger partial charge in [-0.3, -0.25) is 4.79 Å².